The predicted octanol–water partition coefficient (Wildman–Crippen LogP) is 4.37. The number of hydrogen-bond acceptors (Lipinski definition) is 7. The van der Waals surface area contributed by atoms with E-state index < -0.39 is 0 Å². The monoisotopic (exact) mass is 383 g/mol. The normalized spacial score (nSPS) is 18.2. The van der Waals surface area contributed by atoms with Gasteiger partial charge in [0.2, 0.25) is 5.95 Å². The summed E-state index contributed by atoms with van der Waals surface area (Å²) in [5.41, 5.74) is 3.24. The number of nitrogens with one attached hydrogen (secondary N) is 2. The summed E-state index contributed by atoms with van der Waals surface area (Å²) in [5.74, 6) is 1.29. The Morgan fingerprint density at radius 3 is 2.73 bits per heavy atom. The zero-order valence-electron chi connectivity index (χ0n) is 14.4. The number of piperidine rings is 1. The fraction of sp³-hybridized carbons (Fsp3) is 0.421. The highest BCUT2D eigenvalue weighted by molar-refractivity contribution is 7.15. The van der Waals surface area contributed by atoms with Crippen molar-refractivity contribution in [3.8, 4) is 21.8 Å². The molecule has 0 amide bonds. The smallest absolute Gasteiger partial charge is 0.223 e. The summed E-state index contributed by atoms with van der Waals surface area (Å²) in [7, 11) is 0. The van der Waals surface area contributed by atoms with E-state index in [0.717, 1.165) is 48.1 Å². The Morgan fingerprint density at radius 1 is 1.08 bits per heavy atom. The molecule has 134 valence electrons. The lowest BCUT2D eigenvalue weighted by atomic mass is 9.99. The molecule has 1 aliphatic heterocycles. The van der Waals surface area contributed by atoms with Gasteiger partial charge in [-0.25, -0.2) is 15.0 Å². The number of nitrogens with zero attached hydrogens (tertiary/aromatic N) is 3. The Hall–Kier alpha value is -1.83. The molecular weight excluding hydrogens is 362 g/mol. The Balaban J connectivity index is 1.54. The predicted molar refractivity (Wildman–Crippen MR) is 108 cm³/mol. The first-order valence-electron chi connectivity index (χ1n) is 9.21. The highest BCUT2D eigenvalue weighted by Gasteiger charge is 2.25. The number of hydrogen-bond donors (Lipinski definition) is 2. The summed E-state index contributed by atoms with van der Waals surface area (Å²) in [5, 5.41) is 12.4. The molecule has 0 bridgehead atoms. The van der Waals surface area contributed by atoms with E-state index in [1.54, 1.807) is 11.3 Å². The van der Waals surface area contributed by atoms with E-state index >= 15 is 0 Å². The van der Waals surface area contributed by atoms with Crippen LogP contribution >= 0.6 is 22.7 Å². The molecule has 0 aromatic carbocycles. The molecule has 0 atom stereocenters. The Morgan fingerprint density at radius 2 is 1.96 bits per heavy atom. The highest BCUT2D eigenvalue weighted by Crippen LogP contribution is 2.41. The van der Waals surface area contributed by atoms with Crippen LogP contribution in [0.5, 0.6) is 0 Å². The summed E-state index contributed by atoms with van der Waals surface area (Å²) in [6.07, 6.45) is 6.61. The van der Waals surface area contributed by atoms with Crippen LogP contribution in [0.15, 0.2) is 29.1 Å². The number of anilines is 1. The minimum Gasteiger partial charge on any atom is -0.351 e. The average molecular weight is 384 g/mol. The molecule has 3 aromatic rings. The zero-order chi connectivity index (χ0) is 17.3. The lowest BCUT2D eigenvalue weighted by molar-refractivity contribution is 0.459. The van der Waals surface area contributed by atoms with Crippen LogP contribution in [0.1, 0.15) is 36.6 Å². The van der Waals surface area contributed by atoms with Gasteiger partial charge in [-0.1, -0.05) is 0 Å². The molecule has 0 unspecified atom stereocenters. The van der Waals surface area contributed by atoms with E-state index in [4.69, 9.17) is 9.97 Å². The maximum atomic E-state index is 5.07. The second-order valence-corrected chi connectivity index (χ2v) is 8.76. The van der Waals surface area contributed by atoms with E-state index in [0.29, 0.717) is 12.0 Å². The average Bonchev–Trinajstić information content (AvgIpc) is 3.17. The maximum Gasteiger partial charge on any atom is 0.223 e. The van der Waals surface area contributed by atoms with E-state index in [9.17, 15) is 0 Å². The van der Waals surface area contributed by atoms with Gasteiger partial charge in [-0.2, -0.15) is 11.3 Å². The SMILES string of the molecule is c1cc(-c2sc(C3CCNCC3)nc2-c2ccsc2)nc(NC2CC2)n1. The third kappa shape index (κ3) is 3.39. The van der Waals surface area contributed by atoms with Crippen molar-refractivity contribution in [1.29, 1.82) is 0 Å². The number of thiophene rings is 1. The van der Waals surface area contributed by atoms with Crippen LogP contribution in [0.3, 0.4) is 0 Å². The summed E-state index contributed by atoms with van der Waals surface area (Å²) >= 11 is 3.52. The molecule has 5 rings (SSSR count). The molecule has 0 spiro atoms. The summed E-state index contributed by atoms with van der Waals surface area (Å²) in [6.45, 7) is 2.16. The molecule has 1 aliphatic carbocycles. The summed E-state index contributed by atoms with van der Waals surface area (Å²) in [4.78, 5) is 15.4. The molecule has 2 aliphatic rings. The summed E-state index contributed by atoms with van der Waals surface area (Å²) < 4.78 is 0. The van der Waals surface area contributed by atoms with Crippen molar-refractivity contribution < 1.29 is 0 Å². The van der Waals surface area contributed by atoms with Crippen molar-refractivity contribution in [3.05, 3.63) is 34.1 Å². The zero-order valence-corrected chi connectivity index (χ0v) is 16.1. The molecule has 3 aromatic heterocycles. The number of rotatable bonds is 5. The Labute approximate surface area is 160 Å². The van der Waals surface area contributed by atoms with Gasteiger partial charge in [0, 0.05) is 29.1 Å². The quantitative estimate of drug-likeness (QED) is 0.685. The first-order valence-corrected chi connectivity index (χ1v) is 11.0. The van der Waals surface area contributed by atoms with Gasteiger partial charge >= 0.3 is 0 Å². The second-order valence-electron chi connectivity index (χ2n) is 6.95. The maximum absolute atomic E-state index is 5.07. The first-order chi connectivity index (χ1) is 12.9. The fourth-order valence-electron chi connectivity index (χ4n) is 3.31. The third-order valence-electron chi connectivity index (χ3n) is 4.93. The van der Waals surface area contributed by atoms with E-state index in [1.165, 1.54) is 23.4 Å². The molecule has 2 N–H and O–H groups in total. The lowest BCUT2D eigenvalue weighted by Gasteiger charge is -2.20. The topological polar surface area (TPSA) is 62.7 Å². The molecule has 2 fully saturated rings. The fourth-order valence-corrected chi connectivity index (χ4v) is 5.18. The number of aromatic nitrogens is 3. The largest absolute Gasteiger partial charge is 0.351 e. The molecule has 4 heterocycles. The minimum atomic E-state index is 0.549. The molecule has 26 heavy (non-hydrogen) atoms. The molecular formula is C19H21N5S2. The highest BCUT2D eigenvalue weighted by atomic mass is 32.1. The van der Waals surface area contributed by atoms with E-state index in [2.05, 4.69) is 32.4 Å². The van der Waals surface area contributed by atoms with Crippen LogP contribution in [0.4, 0.5) is 5.95 Å². The van der Waals surface area contributed by atoms with Crippen LogP contribution in [0.25, 0.3) is 21.8 Å². The Kier molecular flexibility index (Phi) is 4.44. The van der Waals surface area contributed by atoms with Crippen molar-refractivity contribution >= 4 is 28.6 Å². The van der Waals surface area contributed by atoms with Crippen molar-refractivity contribution in [2.45, 2.75) is 37.6 Å². The van der Waals surface area contributed by atoms with Gasteiger partial charge in [-0.05, 0) is 56.3 Å². The number of thiazole rings is 1. The Bertz CT molecular complexity index is 879. The minimum absolute atomic E-state index is 0.549. The van der Waals surface area contributed by atoms with Crippen molar-refractivity contribution in [2.75, 3.05) is 18.4 Å². The van der Waals surface area contributed by atoms with Gasteiger partial charge in [-0.15, -0.1) is 11.3 Å². The van der Waals surface area contributed by atoms with Crippen LogP contribution < -0.4 is 10.6 Å². The van der Waals surface area contributed by atoms with Crippen molar-refractivity contribution in [2.24, 2.45) is 0 Å². The third-order valence-corrected chi connectivity index (χ3v) is 6.85. The van der Waals surface area contributed by atoms with E-state index in [1.807, 2.05) is 23.6 Å². The van der Waals surface area contributed by atoms with Gasteiger partial charge in [0.15, 0.2) is 0 Å². The molecule has 5 nitrogen and oxygen atoms in total. The van der Waals surface area contributed by atoms with Crippen LogP contribution in [0, 0.1) is 0 Å². The van der Waals surface area contributed by atoms with Gasteiger partial charge < -0.3 is 10.6 Å². The molecule has 1 saturated heterocycles. The first kappa shape index (κ1) is 16.4. The van der Waals surface area contributed by atoms with Gasteiger partial charge in [0.05, 0.1) is 21.3 Å². The lowest BCUT2D eigenvalue weighted by Crippen LogP contribution is -2.26. The molecule has 1 saturated carbocycles. The van der Waals surface area contributed by atoms with Crippen LogP contribution in [-0.4, -0.2) is 34.1 Å². The standard InChI is InChI=1S/C19H21N5S2/c1-2-14(1)22-19-21-9-5-15(23-19)17-16(13-6-10-25-11-13)24-18(26-17)12-3-7-20-8-4-12/h5-6,9-12,14,20H,1-4,7-8H2,(H,21,22,23). The van der Waals surface area contributed by atoms with Crippen molar-refractivity contribution in [3.63, 3.8) is 0 Å². The van der Waals surface area contributed by atoms with Crippen LogP contribution in [-0.2, 0) is 0 Å². The van der Waals surface area contributed by atoms with Gasteiger partial charge in [-0.3, -0.25) is 0 Å². The van der Waals surface area contributed by atoms with E-state index in [-0.39, 0.29) is 0 Å². The summed E-state index contributed by atoms with van der Waals surface area (Å²) in [6, 6.07) is 4.71. The second kappa shape index (κ2) is 7.06. The van der Waals surface area contributed by atoms with Gasteiger partial charge in [0.25, 0.3) is 0 Å². The molecule has 7 heteroatoms. The van der Waals surface area contributed by atoms with Gasteiger partial charge in [0.1, 0.15) is 0 Å². The van der Waals surface area contributed by atoms with Crippen molar-refractivity contribution in [1.82, 2.24) is 20.3 Å². The molecule has 0 radical (unpaired) electrons. The van der Waals surface area contributed by atoms with Crippen LogP contribution in [0.2, 0.25) is 0 Å².